The molecule has 0 spiro atoms. The number of aryl methyl sites for hydroxylation is 1. The van der Waals surface area contributed by atoms with Gasteiger partial charge in [0.25, 0.3) is 0 Å². The van der Waals surface area contributed by atoms with Crippen LogP contribution in [-0.4, -0.2) is 7.05 Å². The molecule has 2 rings (SSSR count). The summed E-state index contributed by atoms with van der Waals surface area (Å²) in [5, 5.41) is 3.10. The third-order valence-electron chi connectivity index (χ3n) is 3.49. The van der Waals surface area contributed by atoms with Crippen LogP contribution >= 0.6 is 0 Å². The molecule has 0 radical (unpaired) electrons. The number of likely N-dealkylation sites (N-methyl/N-ethyl adjacent to an activating group) is 1. The van der Waals surface area contributed by atoms with Gasteiger partial charge in [-0.1, -0.05) is 42.0 Å². The van der Waals surface area contributed by atoms with Gasteiger partial charge in [-0.3, -0.25) is 0 Å². The van der Waals surface area contributed by atoms with Gasteiger partial charge in [-0.15, -0.1) is 0 Å². The normalized spacial score (nSPS) is 13.2. The highest BCUT2D eigenvalue weighted by atomic mass is 19.4. The Morgan fingerprint density at radius 3 is 2.38 bits per heavy atom. The summed E-state index contributed by atoms with van der Waals surface area (Å²) >= 11 is 0. The SMILES string of the molecule is CNC(Cc1cccc(C)c1)c1cccc(C(F)(F)F)c1. The van der Waals surface area contributed by atoms with Crippen molar-refractivity contribution in [1.29, 1.82) is 0 Å². The van der Waals surface area contributed by atoms with Crippen LogP contribution in [0.5, 0.6) is 0 Å². The fourth-order valence-corrected chi connectivity index (χ4v) is 2.39. The van der Waals surface area contributed by atoms with E-state index in [-0.39, 0.29) is 6.04 Å². The molecule has 0 aliphatic heterocycles. The molecule has 1 N–H and O–H groups in total. The van der Waals surface area contributed by atoms with Gasteiger partial charge in [-0.25, -0.2) is 0 Å². The lowest BCUT2D eigenvalue weighted by Crippen LogP contribution is -2.19. The number of benzene rings is 2. The molecule has 1 atom stereocenters. The maximum Gasteiger partial charge on any atom is 0.416 e. The van der Waals surface area contributed by atoms with E-state index in [0.29, 0.717) is 12.0 Å². The molecular weight excluding hydrogens is 275 g/mol. The molecule has 0 saturated carbocycles. The van der Waals surface area contributed by atoms with E-state index >= 15 is 0 Å². The van der Waals surface area contributed by atoms with E-state index in [0.717, 1.165) is 17.2 Å². The van der Waals surface area contributed by atoms with Crippen LogP contribution in [0.4, 0.5) is 13.2 Å². The Bertz CT molecular complexity index is 605. The lowest BCUT2D eigenvalue weighted by Gasteiger charge is -2.18. The molecule has 1 nitrogen and oxygen atoms in total. The summed E-state index contributed by atoms with van der Waals surface area (Å²) in [6.45, 7) is 2.00. The average molecular weight is 293 g/mol. The molecule has 2 aromatic rings. The first-order valence-electron chi connectivity index (χ1n) is 6.80. The quantitative estimate of drug-likeness (QED) is 0.874. The Labute approximate surface area is 122 Å². The minimum Gasteiger partial charge on any atom is -0.313 e. The van der Waals surface area contributed by atoms with Crippen molar-refractivity contribution in [2.45, 2.75) is 25.6 Å². The van der Waals surface area contributed by atoms with E-state index in [1.807, 2.05) is 25.1 Å². The summed E-state index contributed by atoms with van der Waals surface area (Å²) in [6, 6.07) is 13.4. The van der Waals surface area contributed by atoms with Crippen LogP contribution in [0.25, 0.3) is 0 Å². The van der Waals surface area contributed by atoms with Crippen LogP contribution < -0.4 is 5.32 Å². The summed E-state index contributed by atoms with van der Waals surface area (Å²) in [6.07, 6.45) is -3.66. The summed E-state index contributed by atoms with van der Waals surface area (Å²) < 4.78 is 38.4. The molecule has 0 heterocycles. The Hall–Kier alpha value is -1.81. The van der Waals surface area contributed by atoms with Gasteiger partial charge < -0.3 is 5.32 Å². The fourth-order valence-electron chi connectivity index (χ4n) is 2.39. The van der Waals surface area contributed by atoms with Crippen LogP contribution in [0.1, 0.15) is 28.3 Å². The van der Waals surface area contributed by atoms with Crippen LogP contribution in [-0.2, 0) is 12.6 Å². The van der Waals surface area contributed by atoms with Crippen molar-refractivity contribution in [3.63, 3.8) is 0 Å². The summed E-state index contributed by atoms with van der Waals surface area (Å²) in [5.74, 6) is 0. The molecule has 2 aromatic carbocycles. The molecule has 112 valence electrons. The zero-order valence-corrected chi connectivity index (χ0v) is 12.0. The maximum absolute atomic E-state index is 12.8. The highest BCUT2D eigenvalue weighted by Gasteiger charge is 2.30. The van der Waals surface area contributed by atoms with E-state index in [2.05, 4.69) is 11.4 Å². The number of rotatable bonds is 4. The van der Waals surface area contributed by atoms with Gasteiger partial charge in [0.2, 0.25) is 0 Å². The van der Waals surface area contributed by atoms with E-state index in [1.54, 1.807) is 13.1 Å². The third-order valence-corrected chi connectivity index (χ3v) is 3.49. The number of alkyl halides is 3. The number of nitrogens with one attached hydrogen (secondary N) is 1. The molecule has 0 amide bonds. The molecule has 21 heavy (non-hydrogen) atoms. The lowest BCUT2D eigenvalue weighted by atomic mass is 9.96. The van der Waals surface area contributed by atoms with Crippen LogP contribution in [0.3, 0.4) is 0 Å². The molecule has 0 aliphatic rings. The first-order valence-corrected chi connectivity index (χ1v) is 6.80. The molecule has 0 aliphatic carbocycles. The minimum absolute atomic E-state index is 0.144. The van der Waals surface area contributed by atoms with E-state index in [9.17, 15) is 13.2 Å². The zero-order valence-electron chi connectivity index (χ0n) is 12.0. The van der Waals surface area contributed by atoms with Crippen molar-refractivity contribution in [3.8, 4) is 0 Å². The van der Waals surface area contributed by atoms with Crippen molar-refractivity contribution in [3.05, 3.63) is 70.8 Å². The van der Waals surface area contributed by atoms with Gasteiger partial charge >= 0.3 is 6.18 Å². The van der Waals surface area contributed by atoms with Crippen molar-refractivity contribution in [1.82, 2.24) is 5.32 Å². The number of halogens is 3. The molecule has 0 saturated heterocycles. The van der Waals surface area contributed by atoms with Crippen LogP contribution in [0.2, 0.25) is 0 Å². The molecular formula is C17H18F3N. The second kappa shape index (κ2) is 6.31. The largest absolute Gasteiger partial charge is 0.416 e. The second-order valence-corrected chi connectivity index (χ2v) is 5.16. The predicted molar refractivity (Wildman–Crippen MR) is 78.1 cm³/mol. The smallest absolute Gasteiger partial charge is 0.313 e. The summed E-state index contributed by atoms with van der Waals surface area (Å²) in [4.78, 5) is 0. The van der Waals surface area contributed by atoms with Gasteiger partial charge in [0, 0.05) is 6.04 Å². The topological polar surface area (TPSA) is 12.0 Å². The lowest BCUT2D eigenvalue weighted by molar-refractivity contribution is -0.137. The number of hydrogen-bond donors (Lipinski definition) is 1. The molecule has 1 unspecified atom stereocenters. The first-order chi connectivity index (χ1) is 9.90. The second-order valence-electron chi connectivity index (χ2n) is 5.16. The van der Waals surface area contributed by atoms with Crippen LogP contribution in [0.15, 0.2) is 48.5 Å². The van der Waals surface area contributed by atoms with Gasteiger partial charge in [-0.05, 0) is 43.7 Å². The predicted octanol–water partition coefficient (Wildman–Crippen LogP) is 4.52. The third kappa shape index (κ3) is 4.08. The average Bonchev–Trinajstić information content (AvgIpc) is 2.44. The fraction of sp³-hybridized carbons (Fsp3) is 0.294. The molecule has 4 heteroatoms. The Morgan fingerprint density at radius 1 is 1.05 bits per heavy atom. The number of hydrogen-bond acceptors (Lipinski definition) is 1. The highest BCUT2D eigenvalue weighted by molar-refractivity contribution is 5.30. The van der Waals surface area contributed by atoms with Gasteiger partial charge in [0.15, 0.2) is 0 Å². The van der Waals surface area contributed by atoms with Gasteiger partial charge in [0.05, 0.1) is 5.56 Å². The monoisotopic (exact) mass is 293 g/mol. The Balaban J connectivity index is 2.25. The van der Waals surface area contributed by atoms with E-state index in [4.69, 9.17) is 0 Å². The summed E-state index contributed by atoms with van der Waals surface area (Å²) in [7, 11) is 1.76. The van der Waals surface area contributed by atoms with E-state index < -0.39 is 11.7 Å². The van der Waals surface area contributed by atoms with Crippen molar-refractivity contribution < 1.29 is 13.2 Å². The highest BCUT2D eigenvalue weighted by Crippen LogP contribution is 2.31. The van der Waals surface area contributed by atoms with Gasteiger partial charge in [-0.2, -0.15) is 13.2 Å². The van der Waals surface area contributed by atoms with Crippen LogP contribution in [0, 0.1) is 6.92 Å². The zero-order chi connectivity index (χ0) is 15.5. The Kier molecular flexibility index (Phi) is 4.68. The van der Waals surface area contributed by atoms with Crippen molar-refractivity contribution in [2.24, 2.45) is 0 Å². The van der Waals surface area contributed by atoms with Crippen molar-refractivity contribution >= 4 is 0 Å². The molecule has 0 fully saturated rings. The minimum atomic E-state index is -4.31. The molecule has 0 bridgehead atoms. The van der Waals surface area contributed by atoms with E-state index in [1.165, 1.54) is 12.1 Å². The molecule has 0 aromatic heterocycles. The summed E-state index contributed by atoms with van der Waals surface area (Å²) in [5.41, 5.74) is 2.29. The first kappa shape index (κ1) is 15.6. The maximum atomic E-state index is 12.8. The standard InChI is InChI=1S/C17H18F3N/c1-12-5-3-6-13(9-12)10-16(21-2)14-7-4-8-15(11-14)17(18,19)20/h3-9,11,16,21H,10H2,1-2H3. The van der Waals surface area contributed by atoms with Crippen molar-refractivity contribution in [2.75, 3.05) is 7.05 Å². The van der Waals surface area contributed by atoms with Gasteiger partial charge in [0.1, 0.15) is 0 Å². The Morgan fingerprint density at radius 2 is 1.76 bits per heavy atom.